The molecule has 0 aliphatic carbocycles. The molecule has 0 N–H and O–H groups in total. The van der Waals surface area contributed by atoms with Crippen molar-refractivity contribution in [3.05, 3.63) is 18.1 Å². The van der Waals surface area contributed by atoms with Crippen molar-refractivity contribution in [2.75, 3.05) is 0 Å². The average molecular weight is 220 g/mol. The van der Waals surface area contributed by atoms with Crippen LogP contribution in [0.2, 0.25) is 0 Å². The highest BCUT2D eigenvalue weighted by Gasteiger charge is 2.52. The summed E-state index contributed by atoms with van der Waals surface area (Å²) >= 11 is 0. The second kappa shape index (κ2) is 3.53. The molecule has 86 valence electrons. The number of rotatable bonds is 1. The lowest BCUT2D eigenvalue weighted by molar-refractivity contribution is 0.00578. The summed E-state index contributed by atoms with van der Waals surface area (Å²) in [6.07, 6.45) is 3.43. The highest BCUT2D eigenvalue weighted by atomic mass is 16.7. The lowest BCUT2D eigenvalue weighted by atomic mass is 9.85. The predicted molar refractivity (Wildman–Crippen MR) is 62.5 cm³/mol. The van der Waals surface area contributed by atoms with Gasteiger partial charge in [0.1, 0.15) is 0 Å². The average Bonchev–Trinajstić information content (AvgIpc) is 2.37. The summed E-state index contributed by atoms with van der Waals surface area (Å²) < 4.78 is 11.7. The third-order valence-corrected chi connectivity index (χ3v) is 3.30. The fourth-order valence-electron chi connectivity index (χ4n) is 1.49. The Bertz CT molecular complexity index is 373. The first-order chi connectivity index (χ1) is 7.32. The number of aryl methyl sites for hydroxylation is 1. The molecular weight excluding hydrogens is 203 g/mol. The topological polar surface area (TPSA) is 44.2 Å². The molecular formula is C11H17BN2O2. The summed E-state index contributed by atoms with van der Waals surface area (Å²) in [6, 6.07) is 0. The van der Waals surface area contributed by atoms with Crippen molar-refractivity contribution < 1.29 is 9.31 Å². The van der Waals surface area contributed by atoms with Crippen molar-refractivity contribution in [1.82, 2.24) is 9.97 Å². The largest absolute Gasteiger partial charge is 0.516 e. The summed E-state index contributed by atoms with van der Waals surface area (Å²) in [4.78, 5) is 8.48. The van der Waals surface area contributed by atoms with Gasteiger partial charge in [-0.05, 0) is 34.6 Å². The maximum absolute atomic E-state index is 5.87. The molecule has 0 amide bonds. The minimum atomic E-state index is -0.418. The number of nitrogens with zero attached hydrogens (tertiary/aromatic N) is 2. The Labute approximate surface area is 96.5 Å². The number of aromatic nitrogens is 2. The fourth-order valence-corrected chi connectivity index (χ4v) is 1.49. The van der Waals surface area contributed by atoms with Crippen molar-refractivity contribution in [2.45, 2.75) is 45.8 Å². The molecule has 1 fully saturated rings. The van der Waals surface area contributed by atoms with Gasteiger partial charge in [0.05, 0.1) is 22.5 Å². The van der Waals surface area contributed by atoms with Crippen LogP contribution in [0.5, 0.6) is 0 Å². The van der Waals surface area contributed by atoms with E-state index in [1.54, 1.807) is 12.4 Å². The second-order valence-corrected chi connectivity index (χ2v) is 5.17. The van der Waals surface area contributed by atoms with Gasteiger partial charge in [-0.25, -0.2) is 0 Å². The molecule has 2 heterocycles. The lowest BCUT2D eigenvalue weighted by Crippen LogP contribution is -2.41. The van der Waals surface area contributed by atoms with Crippen LogP contribution in [0, 0.1) is 6.92 Å². The van der Waals surface area contributed by atoms with E-state index in [2.05, 4.69) is 9.97 Å². The van der Waals surface area contributed by atoms with E-state index >= 15 is 0 Å². The molecule has 4 nitrogen and oxygen atoms in total. The van der Waals surface area contributed by atoms with E-state index in [0.29, 0.717) is 0 Å². The molecule has 1 aliphatic rings. The molecule has 0 atom stereocenters. The third kappa shape index (κ3) is 1.85. The van der Waals surface area contributed by atoms with E-state index in [9.17, 15) is 0 Å². The van der Waals surface area contributed by atoms with Crippen molar-refractivity contribution >= 4 is 12.7 Å². The Morgan fingerprint density at radius 1 is 1.00 bits per heavy atom. The molecule has 1 aromatic heterocycles. The first-order valence-electron chi connectivity index (χ1n) is 5.46. The van der Waals surface area contributed by atoms with E-state index in [4.69, 9.17) is 9.31 Å². The zero-order valence-corrected chi connectivity index (χ0v) is 10.4. The van der Waals surface area contributed by atoms with Gasteiger partial charge in [0.2, 0.25) is 0 Å². The summed E-state index contributed by atoms with van der Waals surface area (Å²) in [6.45, 7) is 9.99. The zero-order valence-electron chi connectivity index (χ0n) is 10.4. The van der Waals surface area contributed by atoms with Crippen molar-refractivity contribution in [3.63, 3.8) is 0 Å². The van der Waals surface area contributed by atoms with Crippen LogP contribution < -0.4 is 5.59 Å². The molecule has 0 bridgehead atoms. The van der Waals surface area contributed by atoms with Crippen LogP contribution in [-0.2, 0) is 9.31 Å². The second-order valence-electron chi connectivity index (χ2n) is 5.17. The molecule has 0 radical (unpaired) electrons. The molecule has 16 heavy (non-hydrogen) atoms. The van der Waals surface area contributed by atoms with Gasteiger partial charge in [-0.2, -0.15) is 0 Å². The summed E-state index contributed by atoms with van der Waals surface area (Å²) in [5, 5.41) is 0. The molecule has 0 saturated carbocycles. The van der Waals surface area contributed by atoms with Gasteiger partial charge in [-0.1, -0.05) is 0 Å². The summed E-state index contributed by atoms with van der Waals surface area (Å²) in [7, 11) is -0.418. The minimum absolute atomic E-state index is 0.329. The SMILES string of the molecule is Cc1cnc(B2OC(C)(C)C(C)(C)O2)cn1. The minimum Gasteiger partial charge on any atom is -0.398 e. The first-order valence-corrected chi connectivity index (χ1v) is 5.46. The zero-order chi connectivity index (χ0) is 12.0. The van der Waals surface area contributed by atoms with Gasteiger partial charge in [0.15, 0.2) is 0 Å². The van der Waals surface area contributed by atoms with E-state index in [-0.39, 0.29) is 11.2 Å². The number of hydrogen-bond acceptors (Lipinski definition) is 4. The Balaban J connectivity index is 2.23. The summed E-state index contributed by atoms with van der Waals surface area (Å²) in [5.41, 5.74) is 0.957. The van der Waals surface area contributed by atoms with E-state index < -0.39 is 7.12 Å². The van der Waals surface area contributed by atoms with Crippen LogP contribution in [-0.4, -0.2) is 28.3 Å². The van der Waals surface area contributed by atoms with Gasteiger partial charge >= 0.3 is 7.12 Å². The maximum atomic E-state index is 5.87. The Hall–Kier alpha value is -0.935. The van der Waals surface area contributed by atoms with E-state index in [1.165, 1.54) is 0 Å². The van der Waals surface area contributed by atoms with E-state index in [1.807, 2.05) is 34.6 Å². The lowest BCUT2D eigenvalue weighted by Gasteiger charge is -2.32. The smallest absolute Gasteiger partial charge is 0.398 e. The van der Waals surface area contributed by atoms with Crippen LogP contribution in [0.3, 0.4) is 0 Å². The summed E-state index contributed by atoms with van der Waals surface area (Å²) in [5.74, 6) is 0. The normalized spacial score (nSPS) is 22.4. The number of hydrogen-bond donors (Lipinski definition) is 0. The molecule has 0 spiro atoms. The molecule has 1 aromatic rings. The van der Waals surface area contributed by atoms with Crippen LogP contribution >= 0.6 is 0 Å². The Kier molecular flexibility index (Phi) is 2.55. The molecule has 1 saturated heterocycles. The highest BCUT2D eigenvalue weighted by molar-refractivity contribution is 6.61. The quantitative estimate of drug-likeness (QED) is 0.664. The standard InChI is InChI=1S/C11H17BN2O2/c1-8-6-14-9(7-13-8)12-15-10(2,3)11(4,5)16-12/h6-7H,1-5H3. The van der Waals surface area contributed by atoms with Gasteiger partial charge < -0.3 is 9.31 Å². The Morgan fingerprint density at radius 3 is 2.00 bits per heavy atom. The van der Waals surface area contributed by atoms with Gasteiger partial charge in [-0.3, -0.25) is 9.97 Å². The van der Waals surface area contributed by atoms with Gasteiger partial charge in [-0.15, -0.1) is 0 Å². The van der Waals surface area contributed by atoms with Gasteiger partial charge in [0.25, 0.3) is 0 Å². The highest BCUT2D eigenvalue weighted by Crippen LogP contribution is 2.36. The van der Waals surface area contributed by atoms with Crippen molar-refractivity contribution in [3.8, 4) is 0 Å². The van der Waals surface area contributed by atoms with Crippen LogP contribution in [0.4, 0.5) is 0 Å². The third-order valence-electron chi connectivity index (χ3n) is 3.30. The molecule has 2 rings (SSSR count). The molecule has 5 heteroatoms. The fraction of sp³-hybridized carbons (Fsp3) is 0.636. The van der Waals surface area contributed by atoms with Crippen LogP contribution in [0.25, 0.3) is 0 Å². The van der Waals surface area contributed by atoms with E-state index in [0.717, 1.165) is 11.3 Å². The Morgan fingerprint density at radius 2 is 1.56 bits per heavy atom. The maximum Gasteiger partial charge on any atom is 0.516 e. The van der Waals surface area contributed by atoms with Gasteiger partial charge in [0, 0.05) is 12.4 Å². The molecule has 0 unspecified atom stereocenters. The van der Waals surface area contributed by atoms with Crippen LogP contribution in [0.1, 0.15) is 33.4 Å². The molecule has 1 aliphatic heterocycles. The van der Waals surface area contributed by atoms with Crippen molar-refractivity contribution in [1.29, 1.82) is 0 Å². The predicted octanol–water partition coefficient (Wildman–Crippen LogP) is 1.08. The molecule has 0 aromatic carbocycles. The monoisotopic (exact) mass is 220 g/mol. The first kappa shape index (κ1) is 11.5. The van der Waals surface area contributed by atoms with Crippen LogP contribution in [0.15, 0.2) is 12.4 Å². The van der Waals surface area contributed by atoms with Crippen molar-refractivity contribution in [2.24, 2.45) is 0 Å².